The van der Waals surface area contributed by atoms with E-state index < -0.39 is 5.60 Å². The van der Waals surface area contributed by atoms with Gasteiger partial charge in [0.05, 0.1) is 5.60 Å². The van der Waals surface area contributed by atoms with Crippen molar-refractivity contribution in [3.05, 3.63) is 23.8 Å². The average molecular weight is 166 g/mol. The van der Waals surface area contributed by atoms with Crippen molar-refractivity contribution in [2.24, 2.45) is 5.92 Å². The van der Waals surface area contributed by atoms with Crippen LogP contribution in [-0.4, -0.2) is 10.7 Å². The van der Waals surface area contributed by atoms with Gasteiger partial charge in [-0.1, -0.05) is 18.2 Å². The molecule has 0 aromatic carbocycles. The van der Waals surface area contributed by atoms with E-state index >= 15 is 0 Å². The first-order valence-electron chi connectivity index (χ1n) is 4.48. The van der Waals surface area contributed by atoms with Gasteiger partial charge in [-0.05, 0) is 45.1 Å². The van der Waals surface area contributed by atoms with Gasteiger partial charge in [0, 0.05) is 0 Å². The molecule has 1 heteroatoms. The van der Waals surface area contributed by atoms with Crippen LogP contribution in [0.2, 0.25) is 0 Å². The van der Waals surface area contributed by atoms with E-state index in [9.17, 15) is 5.11 Å². The van der Waals surface area contributed by atoms with Crippen molar-refractivity contribution in [3.63, 3.8) is 0 Å². The summed E-state index contributed by atoms with van der Waals surface area (Å²) >= 11 is 0. The Bertz CT molecular complexity index is 223. The Morgan fingerprint density at radius 2 is 2.33 bits per heavy atom. The van der Waals surface area contributed by atoms with E-state index in [1.165, 1.54) is 5.57 Å². The molecular formula is C11H18O. The molecule has 0 spiro atoms. The molecule has 1 N–H and O–H groups in total. The Kier molecular flexibility index (Phi) is 2.43. The molecule has 2 unspecified atom stereocenters. The highest BCUT2D eigenvalue weighted by molar-refractivity contribution is 5.20. The van der Waals surface area contributed by atoms with E-state index in [4.69, 9.17) is 0 Å². The maximum absolute atomic E-state index is 9.95. The van der Waals surface area contributed by atoms with Gasteiger partial charge in [0.25, 0.3) is 0 Å². The Hall–Kier alpha value is -0.560. The van der Waals surface area contributed by atoms with Crippen LogP contribution in [0.1, 0.15) is 33.6 Å². The molecule has 0 saturated heterocycles. The lowest BCUT2D eigenvalue weighted by Gasteiger charge is -2.33. The van der Waals surface area contributed by atoms with E-state index in [-0.39, 0.29) is 0 Å². The van der Waals surface area contributed by atoms with Crippen LogP contribution in [0.25, 0.3) is 0 Å². The van der Waals surface area contributed by atoms with Crippen molar-refractivity contribution < 1.29 is 5.11 Å². The van der Waals surface area contributed by atoms with Crippen LogP contribution in [-0.2, 0) is 0 Å². The van der Waals surface area contributed by atoms with Crippen LogP contribution in [0, 0.1) is 5.92 Å². The van der Waals surface area contributed by atoms with Gasteiger partial charge in [-0.15, -0.1) is 0 Å². The van der Waals surface area contributed by atoms with Gasteiger partial charge in [-0.25, -0.2) is 0 Å². The van der Waals surface area contributed by atoms with Crippen molar-refractivity contribution in [2.75, 3.05) is 0 Å². The molecule has 2 atom stereocenters. The van der Waals surface area contributed by atoms with Gasteiger partial charge in [0.15, 0.2) is 0 Å². The van der Waals surface area contributed by atoms with Crippen molar-refractivity contribution in [1.82, 2.24) is 0 Å². The van der Waals surface area contributed by atoms with Crippen LogP contribution >= 0.6 is 0 Å². The predicted molar refractivity (Wildman–Crippen MR) is 51.9 cm³/mol. The maximum atomic E-state index is 9.95. The molecule has 1 aliphatic carbocycles. The second kappa shape index (κ2) is 3.06. The van der Waals surface area contributed by atoms with Crippen molar-refractivity contribution >= 4 is 0 Å². The highest BCUT2D eigenvalue weighted by Gasteiger charge is 2.30. The molecule has 0 fully saturated rings. The summed E-state index contributed by atoms with van der Waals surface area (Å²) in [4.78, 5) is 0. The van der Waals surface area contributed by atoms with Gasteiger partial charge in [-0.2, -0.15) is 0 Å². The molecule has 12 heavy (non-hydrogen) atoms. The fourth-order valence-electron chi connectivity index (χ4n) is 1.64. The zero-order valence-electron chi connectivity index (χ0n) is 8.22. The number of hydrogen-bond acceptors (Lipinski definition) is 1. The summed E-state index contributed by atoms with van der Waals surface area (Å²) in [5, 5.41) is 9.95. The monoisotopic (exact) mass is 166 g/mol. The van der Waals surface area contributed by atoms with Crippen LogP contribution in [0.15, 0.2) is 23.8 Å². The normalized spacial score (nSPS) is 36.0. The lowest BCUT2D eigenvalue weighted by atomic mass is 9.77. The summed E-state index contributed by atoms with van der Waals surface area (Å²) in [6.45, 7) is 9.84. The minimum atomic E-state index is -0.609. The second-order valence-corrected chi connectivity index (χ2v) is 4.14. The molecular weight excluding hydrogens is 148 g/mol. The SMILES string of the molecule is C=C(C)C1CC=C(C)C(C)(O)C1. The molecule has 68 valence electrons. The number of rotatable bonds is 1. The van der Waals surface area contributed by atoms with Crippen LogP contribution in [0.4, 0.5) is 0 Å². The van der Waals surface area contributed by atoms with E-state index in [1.807, 2.05) is 20.8 Å². The average Bonchev–Trinajstić information content (AvgIpc) is 1.94. The topological polar surface area (TPSA) is 20.2 Å². The molecule has 0 saturated carbocycles. The molecule has 0 aromatic heterocycles. The summed E-state index contributed by atoms with van der Waals surface area (Å²) in [6.07, 6.45) is 3.99. The lowest BCUT2D eigenvalue weighted by Crippen LogP contribution is -2.32. The molecule has 0 aromatic rings. The van der Waals surface area contributed by atoms with Gasteiger partial charge >= 0.3 is 0 Å². The molecule has 1 nitrogen and oxygen atoms in total. The zero-order chi connectivity index (χ0) is 9.35. The second-order valence-electron chi connectivity index (χ2n) is 4.14. The first-order chi connectivity index (χ1) is 5.43. The number of allylic oxidation sites excluding steroid dienone is 2. The van der Waals surface area contributed by atoms with Crippen LogP contribution < -0.4 is 0 Å². The third kappa shape index (κ3) is 1.78. The predicted octanol–water partition coefficient (Wildman–Crippen LogP) is 2.67. The molecule has 0 aliphatic heterocycles. The largest absolute Gasteiger partial charge is 0.386 e. The first-order valence-corrected chi connectivity index (χ1v) is 4.48. The van der Waals surface area contributed by atoms with Gasteiger partial charge < -0.3 is 5.11 Å². The first kappa shape index (κ1) is 9.53. The van der Waals surface area contributed by atoms with Crippen LogP contribution in [0.5, 0.6) is 0 Å². The number of aliphatic hydroxyl groups is 1. The van der Waals surface area contributed by atoms with E-state index in [0.717, 1.165) is 18.4 Å². The third-order valence-corrected chi connectivity index (χ3v) is 2.90. The summed E-state index contributed by atoms with van der Waals surface area (Å²) in [7, 11) is 0. The zero-order valence-corrected chi connectivity index (χ0v) is 8.22. The molecule has 0 bridgehead atoms. The quantitative estimate of drug-likeness (QED) is 0.594. The Labute approximate surface area is 74.8 Å². The van der Waals surface area contributed by atoms with E-state index in [1.54, 1.807) is 0 Å². The molecule has 0 amide bonds. The highest BCUT2D eigenvalue weighted by Crippen LogP contribution is 2.35. The third-order valence-electron chi connectivity index (χ3n) is 2.90. The molecule has 1 rings (SSSR count). The Balaban J connectivity index is 2.79. The van der Waals surface area contributed by atoms with Crippen molar-refractivity contribution in [2.45, 2.75) is 39.2 Å². The minimum Gasteiger partial charge on any atom is -0.386 e. The highest BCUT2D eigenvalue weighted by atomic mass is 16.3. The molecule has 0 heterocycles. The molecule has 0 radical (unpaired) electrons. The van der Waals surface area contributed by atoms with Crippen molar-refractivity contribution in [1.29, 1.82) is 0 Å². The van der Waals surface area contributed by atoms with E-state index in [0.29, 0.717) is 5.92 Å². The van der Waals surface area contributed by atoms with Gasteiger partial charge in [0.1, 0.15) is 0 Å². The lowest BCUT2D eigenvalue weighted by molar-refractivity contribution is 0.0683. The maximum Gasteiger partial charge on any atom is 0.0831 e. The van der Waals surface area contributed by atoms with Crippen molar-refractivity contribution in [3.8, 4) is 0 Å². The fourth-order valence-corrected chi connectivity index (χ4v) is 1.64. The van der Waals surface area contributed by atoms with Gasteiger partial charge in [-0.3, -0.25) is 0 Å². The smallest absolute Gasteiger partial charge is 0.0831 e. The Morgan fingerprint density at radius 1 is 1.75 bits per heavy atom. The van der Waals surface area contributed by atoms with Crippen LogP contribution in [0.3, 0.4) is 0 Å². The summed E-state index contributed by atoms with van der Waals surface area (Å²) in [5.74, 6) is 0.462. The Morgan fingerprint density at radius 3 is 2.75 bits per heavy atom. The summed E-state index contributed by atoms with van der Waals surface area (Å²) in [5.41, 5.74) is 1.67. The standard InChI is InChI=1S/C11H18O/c1-8(2)10-6-5-9(3)11(4,12)7-10/h5,10,12H,1,6-7H2,2-4H3. The van der Waals surface area contributed by atoms with Gasteiger partial charge in [0.2, 0.25) is 0 Å². The molecule has 1 aliphatic rings. The number of hydrogen-bond donors (Lipinski definition) is 1. The minimum absolute atomic E-state index is 0.462. The summed E-state index contributed by atoms with van der Waals surface area (Å²) in [6, 6.07) is 0. The summed E-state index contributed by atoms with van der Waals surface area (Å²) < 4.78 is 0. The fraction of sp³-hybridized carbons (Fsp3) is 0.636. The van der Waals surface area contributed by atoms with E-state index in [2.05, 4.69) is 12.7 Å².